The summed E-state index contributed by atoms with van der Waals surface area (Å²) in [6, 6.07) is -0.202. The van der Waals surface area contributed by atoms with Crippen LogP contribution in [0.2, 0.25) is 0 Å². The van der Waals surface area contributed by atoms with Crippen molar-refractivity contribution < 1.29 is 13.2 Å². The fourth-order valence-corrected chi connectivity index (χ4v) is 6.30. The zero-order valence-corrected chi connectivity index (χ0v) is 15.9. The van der Waals surface area contributed by atoms with Crippen molar-refractivity contribution in [3.63, 3.8) is 0 Å². The number of hydrogen-bond donors (Lipinski definition) is 1. The van der Waals surface area contributed by atoms with E-state index >= 15 is 0 Å². The van der Waals surface area contributed by atoms with Gasteiger partial charge in [-0.15, -0.1) is 10.2 Å². The van der Waals surface area contributed by atoms with Gasteiger partial charge in [0.2, 0.25) is 11.0 Å². The number of hydrogen-bond acceptors (Lipinski definition) is 8. The van der Waals surface area contributed by atoms with Gasteiger partial charge >= 0.3 is 0 Å². The van der Waals surface area contributed by atoms with Gasteiger partial charge < -0.3 is 10.2 Å². The SMILES string of the molecule is CCNc1nnc(S[C@H](C)C(=O)N(CC)[C@@H]2CCS(=O)(=O)C2)s1. The normalized spacial score (nSPS) is 21.1. The molecule has 2 rings (SSSR count). The Morgan fingerprint density at radius 3 is 2.78 bits per heavy atom. The Kier molecular flexibility index (Phi) is 6.26. The van der Waals surface area contributed by atoms with Gasteiger partial charge in [0.15, 0.2) is 14.2 Å². The largest absolute Gasteiger partial charge is 0.360 e. The van der Waals surface area contributed by atoms with E-state index in [9.17, 15) is 13.2 Å². The molecule has 2 atom stereocenters. The molecule has 1 saturated heterocycles. The quantitative estimate of drug-likeness (QED) is 0.719. The number of nitrogens with zero attached hydrogens (tertiary/aromatic N) is 3. The third-order valence-electron chi connectivity index (χ3n) is 3.63. The maximum atomic E-state index is 12.7. The lowest BCUT2D eigenvalue weighted by Gasteiger charge is -2.29. The summed E-state index contributed by atoms with van der Waals surface area (Å²) in [5.41, 5.74) is 0. The van der Waals surface area contributed by atoms with Crippen LogP contribution in [0.4, 0.5) is 5.13 Å². The number of carbonyl (C=O) groups excluding carboxylic acids is 1. The van der Waals surface area contributed by atoms with Gasteiger partial charge in [0.25, 0.3) is 0 Å². The topological polar surface area (TPSA) is 92.3 Å². The minimum absolute atomic E-state index is 0.0419. The summed E-state index contributed by atoms with van der Waals surface area (Å²) in [6.07, 6.45) is 0.530. The summed E-state index contributed by atoms with van der Waals surface area (Å²) in [5.74, 6) is 0.207. The summed E-state index contributed by atoms with van der Waals surface area (Å²) in [5, 5.41) is 11.6. The Hall–Kier alpha value is -0.870. The van der Waals surface area contributed by atoms with Gasteiger partial charge in [0.05, 0.1) is 16.8 Å². The summed E-state index contributed by atoms with van der Waals surface area (Å²) in [7, 11) is -3.00. The highest BCUT2D eigenvalue weighted by Gasteiger charge is 2.35. The van der Waals surface area contributed by atoms with Gasteiger partial charge in [0, 0.05) is 19.1 Å². The molecule has 1 aliphatic rings. The van der Waals surface area contributed by atoms with Gasteiger partial charge in [-0.05, 0) is 27.2 Å². The van der Waals surface area contributed by atoms with Crippen LogP contribution in [0.25, 0.3) is 0 Å². The third-order valence-corrected chi connectivity index (χ3v) is 7.44. The molecular formula is C13H22N4O3S3. The van der Waals surface area contributed by atoms with Crippen molar-refractivity contribution in [2.75, 3.05) is 29.9 Å². The molecule has 1 amide bonds. The second-order valence-corrected chi connectivity index (χ2v) is 10.1. The van der Waals surface area contributed by atoms with Crippen molar-refractivity contribution >= 4 is 44.0 Å². The van der Waals surface area contributed by atoms with Crippen LogP contribution < -0.4 is 5.32 Å². The zero-order chi connectivity index (χ0) is 17.0. The number of anilines is 1. The lowest BCUT2D eigenvalue weighted by molar-refractivity contribution is -0.131. The molecule has 0 spiro atoms. The van der Waals surface area contributed by atoms with E-state index in [1.54, 1.807) is 4.90 Å². The molecule has 1 N–H and O–H groups in total. The van der Waals surface area contributed by atoms with Gasteiger partial charge in [-0.1, -0.05) is 23.1 Å². The maximum Gasteiger partial charge on any atom is 0.236 e. The molecule has 7 nitrogen and oxygen atoms in total. The van der Waals surface area contributed by atoms with E-state index in [1.165, 1.54) is 23.1 Å². The molecule has 10 heteroatoms. The molecule has 0 aliphatic carbocycles. The van der Waals surface area contributed by atoms with Crippen LogP contribution in [0.15, 0.2) is 4.34 Å². The van der Waals surface area contributed by atoms with Crippen LogP contribution >= 0.6 is 23.1 Å². The molecule has 0 saturated carbocycles. The number of nitrogens with one attached hydrogen (secondary N) is 1. The van der Waals surface area contributed by atoms with E-state index < -0.39 is 9.84 Å². The number of amides is 1. The second-order valence-electron chi connectivity index (χ2n) is 5.34. The predicted octanol–water partition coefficient (Wildman–Crippen LogP) is 1.49. The highest BCUT2D eigenvalue weighted by Crippen LogP contribution is 2.30. The van der Waals surface area contributed by atoms with Crippen LogP contribution in [0.3, 0.4) is 0 Å². The van der Waals surface area contributed by atoms with Crippen LogP contribution in [0.1, 0.15) is 27.2 Å². The minimum Gasteiger partial charge on any atom is -0.360 e. The lowest BCUT2D eigenvalue weighted by atomic mass is 10.2. The maximum absolute atomic E-state index is 12.7. The average Bonchev–Trinajstić information content (AvgIpc) is 3.06. The first-order chi connectivity index (χ1) is 10.9. The van der Waals surface area contributed by atoms with E-state index in [1.807, 2.05) is 20.8 Å². The molecule has 23 heavy (non-hydrogen) atoms. The van der Waals surface area contributed by atoms with E-state index in [0.29, 0.717) is 13.0 Å². The average molecular weight is 379 g/mol. The highest BCUT2D eigenvalue weighted by atomic mass is 32.2. The molecule has 0 aromatic carbocycles. The van der Waals surface area contributed by atoms with Gasteiger partial charge in [0.1, 0.15) is 0 Å². The summed E-state index contributed by atoms with van der Waals surface area (Å²) in [4.78, 5) is 14.3. The van der Waals surface area contributed by atoms with Crippen molar-refractivity contribution in [2.45, 2.75) is 42.8 Å². The van der Waals surface area contributed by atoms with Crippen LogP contribution in [0, 0.1) is 0 Å². The fraction of sp³-hybridized carbons (Fsp3) is 0.769. The van der Waals surface area contributed by atoms with Crippen LogP contribution in [-0.4, -0.2) is 65.3 Å². The first-order valence-electron chi connectivity index (χ1n) is 7.61. The predicted molar refractivity (Wildman–Crippen MR) is 93.8 cm³/mol. The standard InChI is InChI=1S/C13H22N4O3S3/c1-4-14-12-15-16-13(22-12)21-9(3)11(18)17(5-2)10-6-7-23(19,20)8-10/h9-10H,4-8H2,1-3H3,(H,14,15)/t9-,10-/m1/s1. The Morgan fingerprint density at radius 2 is 2.22 bits per heavy atom. The smallest absolute Gasteiger partial charge is 0.236 e. The lowest BCUT2D eigenvalue weighted by Crippen LogP contribution is -2.44. The number of rotatable bonds is 7. The number of aromatic nitrogens is 2. The molecule has 1 aromatic heterocycles. The summed E-state index contributed by atoms with van der Waals surface area (Å²) < 4.78 is 24.0. The molecule has 1 aromatic rings. The number of sulfone groups is 1. The molecule has 0 unspecified atom stereocenters. The summed E-state index contributed by atoms with van der Waals surface area (Å²) >= 11 is 2.78. The third kappa shape index (κ3) is 4.80. The van der Waals surface area contributed by atoms with Crippen LogP contribution in [-0.2, 0) is 14.6 Å². The highest BCUT2D eigenvalue weighted by molar-refractivity contribution is 8.02. The van der Waals surface area contributed by atoms with Gasteiger partial charge in [-0.3, -0.25) is 4.79 Å². The molecule has 130 valence electrons. The first kappa shape index (κ1) is 18.5. The van der Waals surface area contributed by atoms with E-state index in [0.717, 1.165) is 16.0 Å². The van der Waals surface area contributed by atoms with Crippen molar-refractivity contribution in [1.82, 2.24) is 15.1 Å². The van der Waals surface area contributed by atoms with Crippen molar-refractivity contribution in [3.8, 4) is 0 Å². The van der Waals surface area contributed by atoms with Gasteiger partial charge in [-0.25, -0.2) is 8.42 Å². The second kappa shape index (κ2) is 7.80. The molecular weight excluding hydrogens is 356 g/mol. The van der Waals surface area contributed by atoms with Crippen molar-refractivity contribution in [2.24, 2.45) is 0 Å². The van der Waals surface area contributed by atoms with E-state index in [2.05, 4.69) is 15.5 Å². The van der Waals surface area contributed by atoms with Crippen molar-refractivity contribution in [3.05, 3.63) is 0 Å². The molecule has 0 radical (unpaired) electrons. The Morgan fingerprint density at radius 1 is 1.48 bits per heavy atom. The number of thioether (sulfide) groups is 1. The monoisotopic (exact) mass is 378 g/mol. The van der Waals surface area contributed by atoms with E-state index in [-0.39, 0.29) is 28.7 Å². The Labute approximate surface area is 145 Å². The zero-order valence-electron chi connectivity index (χ0n) is 13.5. The first-order valence-corrected chi connectivity index (χ1v) is 11.1. The van der Waals surface area contributed by atoms with Gasteiger partial charge in [-0.2, -0.15) is 0 Å². The van der Waals surface area contributed by atoms with Crippen LogP contribution in [0.5, 0.6) is 0 Å². The van der Waals surface area contributed by atoms with Crippen molar-refractivity contribution in [1.29, 1.82) is 0 Å². The minimum atomic E-state index is -3.00. The van der Waals surface area contributed by atoms with E-state index in [4.69, 9.17) is 0 Å². The summed E-state index contributed by atoms with van der Waals surface area (Å²) in [6.45, 7) is 6.98. The number of carbonyl (C=O) groups is 1. The molecule has 2 heterocycles. The Balaban J connectivity index is 1.99. The fourth-order valence-electron chi connectivity index (χ4n) is 2.53. The Bertz CT molecular complexity index is 647. The molecule has 1 fully saturated rings. The molecule has 1 aliphatic heterocycles. The molecule has 0 bridgehead atoms.